The number of halogens is 3. The highest BCUT2D eigenvalue weighted by molar-refractivity contribution is 14.1. The molecule has 2 rings (SSSR count). The fraction of sp³-hybridized carbons (Fsp3) is 0.167. The minimum absolute atomic E-state index is 0.0170. The summed E-state index contributed by atoms with van der Waals surface area (Å²) in [5.41, 5.74) is 1.49. The van der Waals surface area contributed by atoms with E-state index in [-0.39, 0.29) is 16.4 Å². The molecule has 0 aliphatic heterocycles. The van der Waals surface area contributed by atoms with Gasteiger partial charge in [-0.25, -0.2) is 0 Å². The molecular weight excluding hydrogens is 414 g/mol. The molecule has 104 valence electrons. The van der Waals surface area contributed by atoms with Crippen LogP contribution in [0.2, 0.25) is 10.6 Å². The van der Waals surface area contributed by atoms with Crippen LogP contribution in [0.4, 0.5) is 11.6 Å². The SMILES string of the molecule is CC(=O)c1ccc(N(C)c2nc(Cl)nc(Cl)n2)c(I)c1. The third-order valence-corrected chi connectivity index (χ3v) is 3.79. The monoisotopic (exact) mass is 422 g/mol. The molecule has 0 radical (unpaired) electrons. The maximum absolute atomic E-state index is 11.4. The quantitative estimate of drug-likeness (QED) is 0.556. The van der Waals surface area contributed by atoms with Crippen molar-refractivity contribution in [3.05, 3.63) is 37.9 Å². The number of hydrogen-bond donors (Lipinski definition) is 0. The van der Waals surface area contributed by atoms with Crippen LogP contribution in [0.1, 0.15) is 17.3 Å². The van der Waals surface area contributed by atoms with Gasteiger partial charge in [0.1, 0.15) is 0 Å². The average molecular weight is 423 g/mol. The number of anilines is 2. The first-order chi connectivity index (χ1) is 9.38. The van der Waals surface area contributed by atoms with Gasteiger partial charge in [0, 0.05) is 16.2 Å². The third kappa shape index (κ3) is 3.36. The molecule has 1 heterocycles. The van der Waals surface area contributed by atoms with E-state index in [0.717, 1.165) is 9.26 Å². The van der Waals surface area contributed by atoms with Crippen molar-refractivity contribution in [3.63, 3.8) is 0 Å². The van der Waals surface area contributed by atoms with Gasteiger partial charge < -0.3 is 4.90 Å². The molecule has 0 amide bonds. The molecule has 20 heavy (non-hydrogen) atoms. The van der Waals surface area contributed by atoms with Gasteiger partial charge in [-0.15, -0.1) is 0 Å². The van der Waals surface area contributed by atoms with Crippen LogP contribution in [0.3, 0.4) is 0 Å². The van der Waals surface area contributed by atoms with Crippen LogP contribution in [0.5, 0.6) is 0 Å². The van der Waals surface area contributed by atoms with Crippen LogP contribution >= 0.6 is 45.8 Å². The zero-order valence-corrected chi connectivity index (χ0v) is 14.2. The van der Waals surface area contributed by atoms with Crippen molar-refractivity contribution in [1.82, 2.24) is 15.0 Å². The normalized spacial score (nSPS) is 10.4. The number of benzene rings is 1. The van der Waals surface area contributed by atoms with Gasteiger partial charge in [-0.1, -0.05) is 0 Å². The molecule has 0 saturated carbocycles. The molecule has 8 heteroatoms. The van der Waals surface area contributed by atoms with Crippen LogP contribution in [0, 0.1) is 3.57 Å². The zero-order chi connectivity index (χ0) is 14.9. The highest BCUT2D eigenvalue weighted by Gasteiger charge is 2.14. The maximum Gasteiger partial charge on any atom is 0.235 e. The fourth-order valence-corrected chi connectivity index (χ4v) is 2.80. The summed E-state index contributed by atoms with van der Waals surface area (Å²) in [7, 11) is 1.78. The van der Waals surface area contributed by atoms with Crippen molar-refractivity contribution in [2.45, 2.75) is 6.92 Å². The van der Waals surface area contributed by atoms with Gasteiger partial charge in [-0.05, 0) is 70.9 Å². The summed E-state index contributed by atoms with van der Waals surface area (Å²) < 4.78 is 0.894. The first-order valence-corrected chi connectivity index (χ1v) is 7.33. The molecule has 5 nitrogen and oxygen atoms in total. The molecule has 0 N–H and O–H groups in total. The van der Waals surface area contributed by atoms with E-state index in [1.165, 1.54) is 6.92 Å². The van der Waals surface area contributed by atoms with Gasteiger partial charge in [0.15, 0.2) is 5.78 Å². The van der Waals surface area contributed by atoms with Crippen molar-refractivity contribution < 1.29 is 4.79 Å². The Balaban J connectivity index is 2.42. The maximum atomic E-state index is 11.4. The van der Waals surface area contributed by atoms with E-state index in [1.807, 2.05) is 6.07 Å². The Morgan fingerprint density at radius 2 is 1.80 bits per heavy atom. The average Bonchev–Trinajstić information content (AvgIpc) is 2.36. The number of hydrogen-bond acceptors (Lipinski definition) is 5. The third-order valence-electron chi connectivity index (χ3n) is 2.58. The van der Waals surface area contributed by atoms with E-state index in [0.29, 0.717) is 11.5 Å². The van der Waals surface area contributed by atoms with Gasteiger partial charge in [0.05, 0.1) is 5.69 Å². The second kappa shape index (κ2) is 6.19. The zero-order valence-electron chi connectivity index (χ0n) is 10.6. The van der Waals surface area contributed by atoms with Crippen LogP contribution < -0.4 is 4.90 Å². The predicted octanol–water partition coefficient (Wildman–Crippen LogP) is 3.75. The minimum Gasteiger partial charge on any atom is -0.312 e. The molecule has 0 spiro atoms. The van der Waals surface area contributed by atoms with Crippen LogP contribution in [0.15, 0.2) is 18.2 Å². The Hall–Kier alpha value is -0.990. The van der Waals surface area contributed by atoms with Crippen molar-refractivity contribution in [2.24, 2.45) is 0 Å². The predicted molar refractivity (Wildman–Crippen MR) is 87.1 cm³/mol. The van der Waals surface area contributed by atoms with Crippen LogP contribution in [-0.2, 0) is 0 Å². The number of carbonyl (C=O) groups is 1. The lowest BCUT2D eigenvalue weighted by molar-refractivity contribution is 0.101. The lowest BCUT2D eigenvalue weighted by Gasteiger charge is -2.19. The van der Waals surface area contributed by atoms with E-state index >= 15 is 0 Å². The van der Waals surface area contributed by atoms with E-state index in [4.69, 9.17) is 23.2 Å². The number of carbonyl (C=O) groups excluding carboxylic acids is 1. The molecule has 0 aliphatic carbocycles. The fourth-order valence-electron chi connectivity index (χ4n) is 1.57. The van der Waals surface area contributed by atoms with Gasteiger partial charge in [-0.2, -0.15) is 15.0 Å². The van der Waals surface area contributed by atoms with Crippen molar-refractivity contribution in [1.29, 1.82) is 0 Å². The van der Waals surface area contributed by atoms with E-state index < -0.39 is 0 Å². The number of aromatic nitrogens is 3. The summed E-state index contributed by atoms with van der Waals surface area (Å²) in [6, 6.07) is 5.38. The van der Waals surface area contributed by atoms with Gasteiger partial charge in [0.25, 0.3) is 0 Å². The Morgan fingerprint density at radius 1 is 1.20 bits per heavy atom. The lowest BCUT2D eigenvalue weighted by Crippen LogP contribution is -2.15. The summed E-state index contributed by atoms with van der Waals surface area (Å²) in [5, 5.41) is 0.0597. The van der Waals surface area contributed by atoms with E-state index in [1.54, 1.807) is 24.1 Å². The summed E-state index contributed by atoms with van der Waals surface area (Å²) in [4.78, 5) is 24.8. The first-order valence-electron chi connectivity index (χ1n) is 5.50. The van der Waals surface area contributed by atoms with Crippen LogP contribution in [0.25, 0.3) is 0 Å². The van der Waals surface area contributed by atoms with Crippen molar-refractivity contribution >= 4 is 63.2 Å². The highest BCUT2D eigenvalue weighted by Crippen LogP contribution is 2.28. The Labute approximate surface area is 139 Å². The first kappa shape index (κ1) is 15.4. The number of nitrogens with zero attached hydrogens (tertiary/aromatic N) is 4. The highest BCUT2D eigenvalue weighted by atomic mass is 127. The van der Waals surface area contributed by atoms with Crippen molar-refractivity contribution in [2.75, 3.05) is 11.9 Å². The van der Waals surface area contributed by atoms with E-state index in [9.17, 15) is 4.79 Å². The molecule has 0 atom stereocenters. The number of rotatable bonds is 3. The summed E-state index contributed by atoms with van der Waals surface area (Å²) >= 11 is 13.7. The summed E-state index contributed by atoms with van der Waals surface area (Å²) in [5.74, 6) is 0.354. The molecule has 1 aromatic heterocycles. The van der Waals surface area contributed by atoms with Gasteiger partial charge in [0.2, 0.25) is 16.5 Å². The number of Topliss-reactive ketones (excluding diaryl/α,β-unsaturated/α-hetero) is 1. The Kier molecular flexibility index (Phi) is 4.77. The van der Waals surface area contributed by atoms with E-state index in [2.05, 4.69) is 37.5 Å². The Morgan fingerprint density at radius 3 is 2.30 bits per heavy atom. The standard InChI is InChI=1S/C12H9Cl2IN4O/c1-6(20)7-3-4-9(8(15)5-7)19(2)12-17-10(13)16-11(14)18-12/h3-5H,1-2H3. The Bertz CT molecular complexity index is 660. The smallest absolute Gasteiger partial charge is 0.235 e. The molecule has 1 aromatic carbocycles. The molecule has 0 aliphatic rings. The molecule has 0 saturated heterocycles. The number of ketones is 1. The van der Waals surface area contributed by atoms with Gasteiger partial charge >= 0.3 is 0 Å². The summed E-state index contributed by atoms with van der Waals surface area (Å²) in [6.45, 7) is 1.53. The molecule has 0 bridgehead atoms. The molecule has 0 unspecified atom stereocenters. The topological polar surface area (TPSA) is 59.0 Å². The molecular formula is C12H9Cl2IN4O. The van der Waals surface area contributed by atoms with Crippen LogP contribution in [-0.4, -0.2) is 27.8 Å². The molecule has 0 fully saturated rings. The summed E-state index contributed by atoms with van der Waals surface area (Å²) in [6.07, 6.45) is 0. The molecule has 2 aromatic rings. The van der Waals surface area contributed by atoms with Gasteiger partial charge in [-0.3, -0.25) is 4.79 Å². The minimum atomic E-state index is 0.0170. The second-order valence-electron chi connectivity index (χ2n) is 3.95. The largest absolute Gasteiger partial charge is 0.312 e. The second-order valence-corrected chi connectivity index (χ2v) is 5.79. The lowest BCUT2D eigenvalue weighted by atomic mass is 10.1. The van der Waals surface area contributed by atoms with Crippen molar-refractivity contribution in [3.8, 4) is 0 Å².